The molecule has 16 heavy (non-hydrogen) atoms. The molecule has 0 radical (unpaired) electrons. The molecule has 2 aliphatic rings. The van der Waals surface area contributed by atoms with Crippen molar-refractivity contribution in [3.8, 4) is 0 Å². The van der Waals surface area contributed by atoms with E-state index in [1.807, 2.05) is 0 Å². The highest BCUT2D eigenvalue weighted by Gasteiger charge is 2.42. The van der Waals surface area contributed by atoms with E-state index in [9.17, 15) is 19.1 Å². The summed E-state index contributed by atoms with van der Waals surface area (Å²) in [6.45, 7) is 1.28. The first-order valence-electron chi connectivity index (χ1n) is 5.59. The third kappa shape index (κ3) is 2.30. The van der Waals surface area contributed by atoms with Crippen LogP contribution in [-0.2, 0) is 9.36 Å². The standard InChI is InChI=1S/C9H17N2O4P/c12-9(7-3-1-5-10-7)11-6-2-4-8(11)16(13,14)15/h7-8,10H,1-6H2,(H2,13,14,15)/t7-,8?/m0/s1. The molecule has 6 nitrogen and oxygen atoms in total. The van der Waals surface area contributed by atoms with Crippen molar-refractivity contribution in [3.05, 3.63) is 0 Å². The molecule has 2 atom stereocenters. The first kappa shape index (κ1) is 12.0. The summed E-state index contributed by atoms with van der Waals surface area (Å²) < 4.78 is 11.2. The van der Waals surface area contributed by atoms with Crippen LogP contribution in [0.3, 0.4) is 0 Å². The molecular weight excluding hydrogens is 231 g/mol. The SMILES string of the molecule is O=C([C@@H]1CCCN1)N1CCCC1P(=O)(O)O. The van der Waals surface area contributed by atoms with Crippen molar-refractivity contribution in [3.63, 3.8) is 0 Å². The topological polar surface area (TPSA) is 89.9 Å². The molecule has 0 bridgehead atoms. The summed E-state index contributed by atoms with van der Waals surface area (Å²) in [5.74, 6) is -1.05. The summed E-state index contributed by atoms with van der Waals surface area (Å²) in [6.07, 6.45) is 2.80. The van der Waals surface area contributed by atoms with Crippen LogP contribution in [0.15, 0.2) is 0 Å². The Morgan fingerprint density at radius 3 is 2.62 bits per heavy atom. The molecule has 3 N–H and O–H groups in total. The van der Waals surface area contributed by atoms with E-state index in [0.29, 0.717) is 19.4 Å². The average molecular weight is 248 g/mol. The quantitative estimate of drug-likeness (QED) is 0.592. The van der Waals surface area contributed by atoms with Gasteiger partial charge < -0.3 is 20.0 Å². The van der Waals surface area contributed by atoms with Crippen LogP contribution in [0.4, 0.5) is 0 Å². The number of carbonyl (C=O) groups is 1. The van der Waals surface area contributed by atoms with Crippen molar-refractivity contribution >= 4 is 13.5 Å². The molecule has 2 fully saturated rings. The lowest BCUT2D eigenvalue weighted by Crippen LogP contribution is -2.45. The normalized spacial score (nSPS) is 31.0. The van der Waals surface area contributed by atoms with Gasteiger partial charge in [-0.2, -0.15) is 0 Å². The van der Waals surface area contributed by atoms with Crippen LogP contribution in [-0.4, -0.2) is 45.5 Å². The maximum Gasteiger partial charge on any atom is 0.347 e. The Balaban J connectivity index is 2.07. The predicted molar refractivity (Wildman–Crippen MR) is 57.8 cm³/mol. The summed E-state index contributed by atoms with van der Waals surface area (Å²) in [6, 6.07) is -0.243. The van der Waals surface area contributed by atoms with E-state index >= 15 is 0 Å². The van der Waals surface area contributed by atoms with Crippen LogP contribution < -0.4 is 5.32 Å². The van der Waals surface area contributed by atoms with Gasteiger partial charge in [0.15, 0.2) is 0 Å². The van der Waals surface area contributed by atoms with Crippen LogP contribution >= 0.6 is 7.60 Å². The van der Waals surface area contributed by atoms with E-state index in [1.54, 1.807) is 0 Å². The Kier molecular flexibility index (Phi) is 3.35. The Hall–Kier alpha value is -0.420. The number of nitrogens with one attached hydrogen (secondary N) is 1. The monoisotopic (exact) mass is 248 g/mol. The fourth-order valence-electron chi connectivity index (χ4n) is 2.45. The zero-order chi connectivity index (χ0) is 11.8. The number of rotatable bonds is 2. The molecule has 0 spiro atoms. The number of nitrogens with zero attached hydrogens (tertiary/aromatic N) is 1. The van der Waals surface area contributed by atoms with Gasteiger partial charge in [-0.1, -0.05) is 0 Å². The van der Waals surface area contributed by atoms with E-state index in [2.05, 4.69) is 5.32 Å². The van der Waals surface area contributed by atoms with Crippen molar-refractivity contribution in [2.75, 3.05) is 13.1 Å². The smallest absolute Gasteiger partial charge is 0.327 e. The molecule has 2 heterocycles. The van der Waals surface area contributed by atoms with E-state index < -0.39 is 13.4 Å². The van der Waals surface area contributed by atoms with Gasteiger partial charge in [0.1, 0.15) is 5.78 Å². The number of carbonyl (C=O) groups excluding carboxylic acids is 1. The Morgan fingerprint density at radius 1 is 1.31 bits per heavy atom. The van der Waals surface area contributed by atoms with E-state index in [-0.39, 0.29) is 11.9 Å². The molecule has 0 aromatic heterocycles. The van der Waals surface area contributed by atoms with Crippen molar-refractivity contribution < 1.29 is 19.1 Å². The van der Waals surface area contributed by atoms with Crippen molar-refractivity contribution in [1.82, 2.24) is 10.2 Å². The fourth-order valence-corrected chi connectivity index (χ4v) is 3.56. The molecule has 2 aliphatic heterocycles. The molecule has 0 saturated carbocycles. The van der Waals surface area contributed by atoms with Gasteiger partial charge in [0.25, 0.3) is 0 Å². The van der Waals surface area contributed by atoms with Gasteiger partial charge in [-0.25, -0.2) is 0 Å². The van der Waals surface area contributed by atoms with Gasteiger partial charge in [0, 0.05) is 6.54 Å². The van der Waals surface area contributed by atoms with Crippen molar-refractivity contribution in [2.45, 2.75) is 37.5 Å². The molecule has 92 valence electrons. The lowest BCUT2D eigenvalue weighted by Gasteiger charge is -2.27. The molecule has 2 rings (SSSR count). The Morgan fingerprint density at radius 2 is 2.06 bits per heavy atom. The van der Waals surface area contributed by atoms with E-state index in [1.165, 1.54) is 4.90 Å². The van der Waals surface area contributed by atoms with Crippen molar-refractivity contribution in [2.24, 2.45) is 0 Å². The first-order chi connectivity index (χ1) is 7.50. The molecular formula is C9H17N2O4P. The Labute approximate surface area is 94.2 Å². The number of hydrogen-bond acceptors (Lipinski definition) is 3. The third-order valence-corrected chi connectivity index (χ3v) is 4.56. The number of amides is 1. The van der Waals surface area contributed by atoms with Gasteiger partial charge in [-0.3, -0.25) is 9.36 Å². The predicted octanol–water partition coefficient (Wildman–Crippen LogP) is -0.135. The van der Waals surface area contributed by atoms with Gasteiger partial charge in [0.2, 0.25) is 5.91 Å². The fraction of sp³-hybridized carbons (Fsp3) is 0.889. The molecule has 1 amide bonds. The van der Waals surface area contributed by atoms with Crippen LogP contribution in [0.1, 0.15) is 25.7 Å². The molecule has 0 aromatic carbocycles. The van der Waals surface area contributed by atoms with Crippen LogP contribution in [0.5, 0.6) is 0 Å². The van der Waals surface area contributed by atoms with Crippen molar-refractivity contribution in [1.29, 1.82) is 0 Å². The molecule has 2 saturated heterocycles. The zero-order valence-electron chi connectivity index (χ0n) is 9.00. The van der Waals surface area contributed by atoms with Crippen LogP contribution in [0.2, 0.25) is 0 Å². The minimum atomic E-state index is -4.19. The highest BCUT2D eigenvalue weighted by molar-refractivity contribution is 7.52. The minimum Gasteiger partial charge on any atom is -0.327 e. The highest BCUT2D eigenvalue weighted by atomic mass is 31.2. The molecule has 0 aromatic rings. The number of hydrogen-bond donors (Lipinski definition) is 3. The summed E-state index contributed by atoms with van der Waals surface area (Å²) in [4.78, 5) is 31.7. The molecule has 7 heteroatoms. The Bertz CT molecular complexity index is 323. The lowest BCUT2D eigenvalue weighted by molar-refractivity contribution is -0.132. The largest absolute Gasteiger partial charge is 0.347 e. The highest BCUT2D eigenvalue weighted by Crippen LogP contribution is 2.48. The minimum absolute atomic E-state index is 0.150. The summed E-state index contributed by atoms with van der Waals surface area (Å²) >= 11 is 0. The third-order valence-electron chi connectivity index (χ3n) is 3.25. The van der Waals surface area contributed by atoms with Crippen LogP contribution in [0.25, 0.3) is 0 Å². The number of likely N-dealkylation sites (tertiary alicyclic amines) is 1. The summed E-state index contributed by atoms with van der Waals surface area (Å²) in [7, 11) is -4.19. The first-order valence-corrected chi connectivity index (χ1v) is 7.27. The average Bonchev–Trinajstić information content (AvgIpc) is 2.87. The molecule has 1 unspecified atom stereocenters. The van der Waals surface area contributed by atoms with Crippen LogP contribution in [0, 0.1) is 0 Å². The summed E-state index contributed by atoms with van der Waals surface area (Å²) in [5, 5.41) is 3.06. The van der Waals surface area contributed by atoms with Gasteiger partial charge in [0.05, 0.1) is 6.04 Å². The zero-order valence-corrected chi connectivity index (χ0v) is 9.90. The molecule has 0 aliphatic carbocycles. The second kappa shape index (κ2) is 4.45. The van der Waals surface area contributed by atoms with E-state index in [4.69, 9.17) is 0 Å². The van der Waals surface area contributed by atoms with Gasteiger partial charge in [-0.05, 0) is 32.2 Å². The second-order valence-electron chi connectivity index (χ2n) is 4.39. The van der Waals surface area contributed by atoms with Gasteiger partial charge >= 0.3 is 7.60 Å². The lowest BCUT2D eigenvalue weighted by atomic mass is 10.2. The van der Waals surface area contributed by atoms with E-state index in [0.717, 1.165) is 19.4 Å². The van der Waals surface area contributed by atoms with Gasteiger partial charge in [-0.15, -0.1) is 0 Å². The summed E-state index contributed by atoms with van der Waals surface area (Å²) in [5.41, 5.74) is 0. The maximum atomic E-state index is 12.0. The second-order valence-corrected chi connectivity index (χ2v) is 6.17. The maximum absolute atomic E-state index is 12.0.